The molecule has 0 amide bonds. The third-order valence-electron chi connectivity index (χ3n) is 3.70. The van der Waals surface area contributed by atoms with Gasteiger partial charge in [0.25, 0.3) is 0 Å². The maximum atomic E-state index is 4.56. The van der Waals surface area contributed by atoms with Gasteiger partial charge in [-0.15, -0.1) is 0 Å². The van der Waals surface area contributed by atoms with E-state index in [2.05, 4.69) is 45.3 Å². The Morgan fingerprint density at radius 3 is 2.07 bits per heavy atom. The molecule has 1 rings (SSSR count). The van der Waals surface area contributed by atoms with Gasteiger partial charge in [0.1, 0.15) is 0 Å². The van der Waals surface area contributed by atoms with Crippen LogP contribution >= 0.6 is 12.6 Å². The predicted octanol–water partition coefficient (Wildman–Crippen LogP) is 3.45. The van der Waals surface area contributed by atoms with Crippen LogP contribution in [0.15, 0.2) is 0 Å². The molecule has 0 aliphatic heterocycles. The second-order valence-corrected chi connectivity index (χ2v) is 6.46. The number of rotatable bonds is 4. The zero-order chi connectivity index (χ0) is 11.4. The molecule has 1 unspecified atom stereocenters. The number of hydrogen-bond acceptors (Lipinski definition) is 2. The molecule has 1 aliphatic rings. The maximum Gasteiger partial charge on any atom is 0.00925 e. The van der Waals surface area contributed by atoms with Crippen molar-refractivity contribution >= 4 is 12.6 Å². The lowest BCUT2D eigenvalue weighted by atomic mass is 9.83. The fourth-order valence-electron chi connectivity index (χ4n) is 2.75. The molecule has 0 aromatic heterocycles. The zero-order valence-corrected chi connectivity index (χ0v) is 11.6. The van der Waals surface area contributed by atoms with Crippen molar-refractivity contribution in [3.8, 4) is 0 Å². The molecule has 0 heterocycles. The Balaban J connectivity index is 2.30. The van der Waals surface area contributed by atoms with E-state index in [-0.39, 0.29) is 0 Å². The Bertz CT molecular complexity index is 171. The summed E-state index contributed by atoms with van der Waals surface area (Å²) in [5.74, 6) is 1.65. The molecule has 1 nitrogen and oxygen atoms in total. The molecule has 15 heavy (non-hydrogen) atoms. The maximum absolute atomic E-state index is 4.56. The molecule has 0 aromatic carbocycles. The standard InChI is InChI=1S/C13H27NS/c1-10(2)9-14(4)13-7-5-12(6-8-13)11(3)15/h10-13,15H,5-9H2,1-4H3/t11?,12-,13-. The smallest absolute Gasteiger partial charge is 0.00925 e. The highest BCUT2D eigenvalue weighted by Crippen LogP contribution is 2.31. The summed E-state index contributed by atoms with van der Waals surface area (Å²) in [5.41, 5.74) is 0. The van der Waals surface area contributed by atoms with Gasteiger partial charge in [0, 0.05) is 17.8 Å². The SMILES string of the molecule is CC(C)CN(C)[C@H]1CC[C@H](C(C)S)CC1. The minimum atomic E-state index is 0.585. The molecular weight excluding hydrogens is 202 g/mol. The second kappa shape index (κ2) is 6.15. The molecule has 1 atom stereocenters. The molecule has 0 N–H and O–H groups in total. The topological polar surface area (TPSA) is 3.24 Å². The lowest BCUT2D eigenvalue weighted by molar-refractivity contribution is 0.152. The third kappa shape index (κ3) is 4.36. The molecule has 1 fully saturated rings. The van der Waals surface area contributed by atoms with E-state index in [1.54, 1.807) is 0 Å². The molecule has 90 valence electrons. The van der Waals surface area contributed by atoms with Crippen molar-refractivity contribution in [1.29, 1.82) is 0 Å². The van der Waals surface area contributed by atoms with Crippen molar-refractivity contribution in [1.82, 2.24) is 4.90 Å². The Hall–Kier alpha value is 0.310. The van der Waals surface area contributed by atoms with E-state index >= 15 is 0 Å². The van der Waals surface area contributed by atoms with Crippen LogP contribution in [-0.2, 0) is 0 Å². The predicted molar refractivity (Wildman–Crippen MR) is 71.7 cm³/mol. The normalized spacial score (nSPS) is 29.8. The van der Waals surface area contributed by atoms with E-state index in [1.165, 1.54) is 32.2 Å². The second-order valence-electron chi connectivity index (χ2n) is 5.64. The third-order valence-corrected chi connectivity index (χ3v) is 4.12. The van der Waals surface area contributed by atoms with Gasteiger partial charge in [0.05, 0.1) is 0 Å². The van der Waals surface area contributed by atoms with Crippen molar-refractivity contribution in [2.45, 2.75) is 57.7 Å². The Kier molecular flexibility index (Phi) is 5.48. The summed E-state index contributed by atoms with van der Waals surface area (Å²) in [6.45, 7) is 8.09. The molecule has 0 bridgehead atoms. The van der Waals surface area contributed by atoms with Gasteiger partial charge in [0.2, 0.25) is 0 Å². The fraction of sp³-hybridized carbons (Fsp3) is 1.00. The van der Waals surface area contributed by atoms with E-state index in [4.69, 9.17) is 0 Å². The zero-order valence-electron chi connectivity index (χ0n) is 10.7. The lowest BCUT2D eigenvalue weighted by Gasteiger charge is -2.36. The quantitative estimate of drug-likeness (QED) is 0.723. The Morgan fingerprint density at radius 1 is 1.13 bits per heavy atom. The molecule has 0 aromatic rings. The first kappa shape index (κ1) is 13.4. The van der Waals surface area contributed by atoms with E-state index in [9.17, 15) is 0 Å². The first-order valence-corrected chi connectivity index (χ1v) is 6.90. The van der Waals surface area contributed by atoms with Gasteiger partial charge in [-0.1, -0.05) is 20.8 Å². The van der Waals surface area contributed by atoms with Crippen LogP contribution in [0, 0.1) is 11.8 Å². The average Bonchev–Trinajstić information content (AvgIpc) is 2.17. The highest BCUT2D eigenvalue weighted by atomic mass is 32.1. The molecule has 1 saturated carbocycles. The van der Waals surface area contributed by atoms with Crippen molar-refractivity contribution in [3.63, 3.8) is 0 Å². The molecule has 0 saturated heterocycles. The number of hydrogen-bond donors (Lipinski definition) is 1. The van der Waals surface area contributed by atoms with Gasteiger partial charge < -0.3 is 4.90 Å². The fourth-order valence-corrected chi connectivity index (χ4v) is 3.05. The van der Waals surface area contributed by atoms with Crippen LogP contribution in [0.2, 0.25) is 0 Å². The molecule has 2 heteroatoms. The molecule has 0 radical (unpaired) electrons. The van der Waals surface area contributed by atoms with Crippen LogP contribution in [0.3, 0.4) is 0 Å². The van der Waals surface area contributed by atoms with Gasteiger partial charge in [-0.3, -0.25) is 0 Å². The van der Waals surface area contributed by atoms with Gasteiger partial charge >= 0.3 is 0 Å². The Labute approximate surface area is 101 Å². The van der Waals surface area contributed by atoms with Crippen molar-refractivity contribution in [2.75, 3.05) is 13.6 Å². The van der Waals surface area contributed by atoms with Crippen molar-refractivity contribution in [3.05, 3.63) is 0 Å². The van der Waals surface area contributed by atoms with Crippen LogP contribution in [0.5, 0.6) is 0 Å². The highest BCUT2D eigenvalue weighted by molar-refractivity contribution is 7.80. The minimum Gasteiger partial charge on any atom is -0.303 e. The van der Waals surface area contributed by atoms with Crippen LogP contribution in [0.25, 0.3) is 0 Å². The van der Waals surface area contributed by atoms with Gasteiger partial charge in [-0.05, 0) is 44.6 Å². The molecule has 0 spiro atoms. The van der Waals surface area contributed by atoms with Crippen LogP contribution in [0.4, 0.5) is 0 Å². The van der Waals surface area contributed by atoms with E-state index in [0.717, 1.165) is 17.9 Å². The summed E-state index contributed by atoms with van der Waals surface area (Å²) in [7, 11) is 2.29. The van der Waals surface area contributed by atoms with Gasteiger partial charge in [-0.2, -0.15) is 12.6 Å². The average molecular weight is 229 g/mol. The van der Waals surface area contributed by atoms with Crippen LogP contribution in [-0.4, -0.2) is 29.8 Å². The summed E-state index contributed by atoms with van der Waals surface area (Å²) in [5, 5.41) is 0.585. The number of thiol groups is 1. The largest absolute Gasteiger partial charge is 0.303 e. The first-order chi connectivity index (χ1) is 7.00. The first-order valence-electron chi connectivity index (χ1n) is 6.39. The van der Waals surface area contributed by atoms with Gasteiger partial charge in [0.15, 0.2) is 0 Å². The summed E-state index contributed by atoms with van der Waals surface area (Å²) in [6, 6.07) is 0.829. The molecule has 1 aliphatic carbocycles. The monoisotopic (exact) mass is 229 g/mol. The van der Waals surface area contributed by atoms with E-state index < -0.39 is 0 Å². The molecular formula is C13H27NS. The van der Waals surface area contributed by atoms with Crippen molar-refractivity contribution < 1.29 is 0 Å². The summed E-state index contributed by atoms with van der Waals surface area (Å²) < 4.78 is 0. The summed E-state index contributed by atoms with van der Waals surface area (Å²) in [6.07, 6.45) is 5.49. The van der Waals surface area contributed by atoms with Crippen LogP contribution in [0.1, 0.15) is 46.5 Å². The minimum absolute atomic E-state index is 0.585. The lowest BCUT2D eigenvalue weighted by Crippen LogP contribution is -2.38. The van der Waals surface area contributed by atoms with Crippen molar-refractivity contribution in [2.24, 2.45) is 11.8 Å². The van der Waals surface area contributed by atoms with E-state index in [1.807, 2.05) is 0 Å². The Morgan fingerprint density at radius 2 is 1.67 bits per heavy atom. The van der Waals surface area contributed by atoms with Crippen LogP contribution < -0.4 is 0 Å². The highest BCUT2D eigenvalue weighted by Gasteiger charge is 2.25. The van der Waals surface area contributed by atoms with E-state index in [0.29, 0.717) is 5.25 Å². The van der Waals surface area contributed by atoms with Gasteiger partial charge in [-0.25, -0.2) is 0 Å². The number of nitrogens with zero attached hydrogens (tertiary/aromatic N) is 1. The summed E-state index contributed by atoms with van der Waals surface area (Å²) in [4.78, 5) is 2.56. The summed E-state index contributed by atoms with van der Waals surface area (Å²) >= 11 is 4.56.